The first-order valence-electron chi connectivity index (χ1n) is 11.8. The minimum atomic E-state index is -0.398. The SMILES string of the molecule is CC(NC(=O)c1cc(C#N)cnc1NCc1ccc(-c2ccn3ncnc(N)c23)cc1)c1ccc(F)cc1. The fourth-order valence-electron chi connectivity index (χ4n) is 4.15. The number of benzene rings is 2. The maximum Gasteiger partial charge on any atom is 0.255 e. The van der Waals surface area contributed by atoms with Gasteiger partial charge in [0.25, 0.3) is 5.91 Å². The van der Waals surface area contributed by atoms with Gasteiger partial charge < -0.3 is 16.4 Å². The van der Waals surface area contributed by atoms with Crippen molar-refractivity contribution in [1.29, 1.82) is 5.26 Å². The molecule has 1 amide bonds. The van der Waals surface area contributed by atoms with E-state index in [1.54, 1.807) is 23.6 Å². The van der Waals surface area contributed by atoms with Crippen molar-refractivity contribution in [2.75, 3.05) is 11.1 Å². The Morgan fingerprint density at radius 1 is 1.13 bits per heavy atom. The van der Waals surface area contributed by atoms with E-state index in [1.165, 1.54) is 30.7 Å². The summed E-state index contributed by atoms with van der Waals surface area (Å²) in [7, 11) is 0. The van der Waals surface area contributed by atoms with Crippen molar-refractivity contribution in [1.82, 2.24) is 24.9 Å². The van der Waals surface area contributed by atoms with Crippen LogP contribution in [-0.4, -0.2) is 25.5 Å². The van der Waals surface area contributed by atoms with E-state index in [1.807, 2.05) is 42.6 Å². The van der Waals surface area contributed by atoms with Gasteiger partial charge in [-0.1, -0.05) is 36.4 Å². The van der Waals surface area contributed by atoms with E-state index in [9.17, 15) is 14.4 Å². The molecule has 4 N–H and O–H groups in total. The van der Waals surface area contributed by atoms with Crippen LogP contribution >= 0.6 is 0 Å². The number of pyridine rings is 1. The zero-order valence-electron chi connectivity index (χ0n) is 20.4. The number of carbonyl (C=O) groups is 1. The molecule has 188 valence electrons. The Balaban J connectivity index is 1.32. The highest BCUT2D eigenvalue weighted by atomic mass is 19.1. The van der Waals surface area contributed by atoms with Gasteiger partial charge in [-0.25, -0.2) is 18.9 Å². The summed E-state index contributed by atoms with van der Waals surface area (Å²) in [5, 5.41) is 19.6. The standard InChI is InChI=1S/C28H23FN8O/c1-17(20-6-8-22(29)9-7-20)36-28(38)24-12-19(13-30)15-33-27(24)32-14-18-2-4-21(5-3-18)23-10-11-37-25(23)26(31)34-16-35-37/h2-12,15-17H,14H2,1H3,(H,32,33)(H,36,38)(H2,31,34,35). The zero-order valence-corrected chi connectivity index (χ0v) is 20.4. The summed E-state index contributed by atoms with van der Waals surface area (Å²) in [6.45, 7) is 2.20. The molecule has 5 aromatic rings. The van der Waals surface area contributed by atoms with Gasteiger partial charge in [0.15, 0.2) is 5.82 Å². The number of rotatable bonds is 7. The second-order valence-electron chi connectivity index (χ2n) is 8.70. The molecule has 0 bridgehead atoms. The lowest BCUT2D eigenvalue weighted by molar-refractivity contribution is 0.0940. The minimum Gasteiger partial charge on any atom is -0.382 e. The summed E-state index contributed by atoms with van der Waals surface area (Å²) in [6.07, 6.45) is 4.66. The lowest BCUT2D eigenvalue weighted by atomic mass is 10.0. The highest BCUT2D eigenvalue weighted by molar-refractivity contribution is 5.99. The molecule has 0 aliphatic heterocycles. The Hall–Kier alpha value is -5.30. The average molecular weight is 507 g/mol. The van der Waals surface area contributed by atoms with Crippen LogP contribution in [0, 0.1) is 17.1 Å². The van der Waals surface area contributed by atoms with Gasteiger partial charge in [-0.3, -0.25) is 4.79 Å². The lowest BCUT2D eigenvalue weighted by Crippen LogP contribution is -2.28. The molecule has 3 heterocycles. The largest absolute Gasteiger partial charge is 0.382 e. The van der Waals surface area contributed by atoms with Crippen LogP contribution in [0.2, 0.25) is 0 Å². The first-order valence-corrected chi connectivity index (χ1v) is 11.8. The van der Waals surface area contributed by atoms with Crippen LogP contribution in [0.5, 0.6) is 0 Å². The lowest BCUT2D eigenvalue weighted by Gasteiger charge is -2.16. The number of nitrogens with two attached hydrogens (primary N) is 1. The fourth-order valence-corrected chi connectivity index (χ4v) is 4.15. The fraction of sp³-hybridized carbons (Fsp3) is 0.107. The molecule has 2 aromatic carbocycles. The van der Waals surface area contributed by atoms with Crippen molar-refractivity contribution < 1.29 is 9.18 Å². The number of nitrogens with one attached hydrogen (secondary N) is 2. The van der Waals surface area contributed by atoms with Crippen LogP contribution in [0.1, 0.15) is 40.0 Å². The van der Waals surface area contributed by atoms with Crippen LogP contribution in [0.4, 0.5) is 16.0 Å². The highest BCUT2D eigenvalue weighted by Gasteiger charge is 2.17. The Labute approximate surface area is 217 Å². The highest BCUT2D eigenvalue weighted by Crippen LogP contribution is 2.28. The topological polar surface area (TPSA) is 134 Å². The van der Waals surface area contributed by atoms with E-state index >= 15 is 0 Å². The number of hydrogen-bond acceptors (Lipinski definition) is 7. The van der Waals surface area contributed by atoms with E-state index < -0.39 is 5.91 Å². The van der Waals surface area contributed by atoms with Crippen molar-refractivity contribution in [2.45, 2.75) is 19.5 Å². The Bertz CT molecular complexity index is 1660. The molecule has 3 aromatic heterocycles. The molecule has 0 aliphatic carbocycles. The summed E-state index contributed by atoms with van der Waals surface area (Å²) < 4.78 is 15.0. The second-order valence-corrected chi connectivity index (χ2v) is 8.70. The summed E-state index contributed by atoms with van der Waals surface area (Å²) in [5.74, 6) is -0.0000409. The Kier molecular flexibility index (Phi) is 6.65. The van der Waals surface area contributed by atoms with Gasteiger partial charge in [-0.2, -0.15) is 10.4 Å². The van der Waals surface area contributed by atoms with Gasteiger partial charge in [0.2, 0.25) is 0 Å². The van der Waals surface area contributed by atoms with Gasteiger partial charge in [0.1, 0.15) is 29.5 Å². The van der Waals surface area contributed by atoms with Gasteiger partial charge in [-0.15, -0.1) is 0 Å². The molecule has 0 aliphatic rings. The maximum atomic E-state index is 13.3. The predicted octanol–water partition coefficient (Wildman–Crippen LogP) is 4.49. The monoisotopic (exact) mass is 506 g/mol. The maximum absolute atomic E-state index is 13.3. The molecular weight excluding hydrogens is 483 g/mol. The number of nitriles is 1. The summed E-state index contributed by atoms with van der Waals surface area (Å²) >= 11 is 0. The molecule has 0 saturated carbocycles. The molecule has 5 rings (SSSR count). The molecule has 1 unspecified atom stereocenters. The number of hydrogen-bond donors (Lipinski definition) is 3. The quantitative estimate of drug-likeness (QED) is 0.296. The normalized spacial score (nSPS) is 11.6. The average Bonchev–Trinajstić information content (AvgIpc) is 3.38. The van der Waals surface area contributed by atoms with Gasteiger partial charge in [-0.05, 0) is 47.9 Å². The third kappa shape index (κ3) is 4.99. The number of nitrogen functional groups attached to an aromatic ring is 1. The first kappa shape index (κ1) is 24.4. The van der Waals surface area contributed by atoms with Gasteiger partial charge >= 0.3 is 0 Å². The molecule has 10 heteroatoms. The summed E-state index contributed by atoms with van der Waals surface area (Å²) in [6, 6.07) is 18.9. The predicted molar refractivity (Wildman–Crippen MR) is 141 cm³/mol. The van der Waals surface area contributed by atoms with E-state index in [0.717, 1.165) is 27.8 Å². The number of halogens is 1. The number of fused-ring (bicyclic) bond motifs is 1. The first-order chi connectivity index (χ1) is 18.4. The molecule has 0 radical (unpaired) electrons. The van der Waals surface area contributed by atoms with Gasteiger partial charge in [0, 0.05) is 24.5 Å². The molecule has 0 spiro atoms. The van der Waals surface area contributed by atoms with Crippen molar-refractivity contribution in [3.05, 3.63) is 107 Å². The van der Waals surface area contributed by atoms with Crippen LogP contribution in [0.25, 0.3) is 16.6 Å². The third-order valence-corrected chi connectivity index (χ3v) is 6.19. The number of amides is 1. The molecule has 38 heavy (non-hydrogen) atoms. The Morgan fingerprint density at radius 3 is 2.63 bits per heavy atom. The third-order valence-electron chi connectivity index (χ3n) is 6.19. The van der Waals surface area contributed by atoms with Crippen molar-refractivity contribution in [2.24, 2.45) is 0 Å². The van der Waals surface area contributed by atoms with Crippen LogP contribution in [0.15, 0.2) is 79.4 Å². The smallest absolute Gasteiger partial charge is 0.255 e. The summed E-state index contributed by atoms with van der Waals surface area (Å²) in [5.41, 5.74) is 10.9. The van der Waals surface area contributed by atoms with Crippen molar-refractivity contribution in [3.8, 4) is 17.2 Å². The molecule has 0 fully saturated rings. The van der Waals surface area contributed by atoms with Gasteiger partial charge in [0.05, 0.1) is 17.2 Å². The minimum absolute atomic E-state index is 0.241. The number of anilines is 2. The van der Waals surface area contributed by atoms with Crippen LogP contribution in [0.3, 0.4) is 0 Å². The zero-order chi connectivity index (χ0) is 26.6. The van der Waals surface area contributed by atoms with E-state index in [-0.39, 0.29) is 23.0 Å². The van der Waals surface area contributed by atoms with Crippen molar-refractivity contribution in [3.63, 3.8) is 0 Å². The van der Waals surface area contributed by atoms with E-state index in [4.69, 9.17) is 5.73 Å². The molecule has 9 nitrogen and oxygen atoms in total. The Morgan fingerprint density at radius 2 is 1.89 bits per heavy atom. The number of carbonyl (C=O) groups excluding carboxylic acids is 1. The molecule has 1 atom stereocenters. The van der Waals surface area contributed by atoms with Crippen LogP contribution in [-0.2, 0) is 6.54 Å². The summed E-state index contributed by atoms with van der Waals surface area (Å²) in [4.78, 5) is 21.5. The molecular formula is C28H23FN8O. The second kappa shape index (κ2) is 10.4. The van der Waals surface area contributed by atoms with E-state index in [0.29, 0.717) is 18.2 Å². The molecule has 0 saturated heterocycles. The number of aromatic nitrogens is 4. The number of nitrogens with zero attached hydrogens (tertiary/aromatic N) is 5. The van der Waals surface area contributed by atoms with Crippen molar-refractivity contribution >= 4 is 23.1 Å². The van der Waals surface area contributed by atoms with Crippen LogP contribution < -0.4 is 16.4 Å². The van der Waals surface area contributed by atoms with E-state index in [2.05, 4.69) is 25.7 Å².